The number of carboxylic acids is 1. The number of esters is 1. The van der Waals surface area contributed by atoms with Gasteiger partial charge in [0.15, 0.2) is 0 Å². The summed E-state index contributed by atoms with van der Waals surface area (Å²) in [5.41, 5.74) is 0. The minimum absolute atomic E-state index is 0. The maximum atomic E-state index is 11.0. The predicted molar refractivity (Wildman–Crippen MR) is 77.0 cm³/mol. The Hall–Kier alpha value is -0.320. The Morgan fingerprint density at radius 2 is 1.33 bits per heavy atom. The first-order valence-electron chi connectivity index (χ1n) is 7.72. The smallest absolute Gasteiger partial charge is 0.545 e. The summed E-state index contributed by atoms with van der Waals surface area (Å²) in [7, 11) is 0. The van der Waals surface area contributed by atoms with Gasteiger partial charge in [-0.3, -0.25) is 0 Å². The van der Waals surface area contributed by atoms with Crippen LogP contribution >= 0.6 is 0 Å². The predicted octanol–water partition coefficient (Wildman–Crippen LogP) is -0.239. The molecule has 0 saturated heterocycles. The zero-order valence-electron chi connectivity index (χ0n) is 13.6. The molecule has 0 aromatic heterocycles. The maximum Gasteiger partial charge on any atom is 1.00 e. The quantitative estimate of drug-likeness (QED) is 0.204. The number of hydrogen-bond donors (Lipinski definition) is 0. The molecule has 0 N–H and O–H groups in total. The molecule has 0 bridgehead atoms. The Kier molecular flexibility index (Phi) is 19.4. The first-order chi connectivity index (χ1) is 9.66. The normalized spacial score (nSPS) is 10.3. The fraction of sp³-hybridized carbons (Fsp3) is 0.750. The summed E-state index contributed by atoms with van der Waals surface area (Å²) in [6.45, 7) is 2.58. The Balaban J connectivity index is 0. The molecule has 21 heavy (non-hydrogen) atoms. The van der Waals surface area contributed by atoms with E-state index in [1.54, 1.807) is 0 Å². The van der Waals surface area contributed by atoms with Crippen molar-refractivity contribution in [2.75, 3.05) is 6.61 Å². The van der Waals surface area contributed by atoms with Crippen LogP contribution in [0.4, 0.5) is 0 Å². The second-order valence-electron chi connectivity index (χ2n) is 5.00. The zero-order valence-corrected chi connectivity index (χ0v) is 15.6. The van der Waals surface area contributed by atoms with E-state index in [0.29, 0.717) is 12.7 Å². The van der Waals surface area contributed by atoms with Gasteiger partial charge in [-0.05, 0) is 12.5 Å². The van der Waals surface area contributed by atoms with Crippen LogP contribution in [0.1, 0.15) is 71.1 Å². The molecule has 0 aliphatic heterocycles. The molecule has 116 valence electrons. The minimum atomic E-state index is -1.39. The van der Waals surface area contributed by atoms with Gasteiger partial charge in [0.2, 0.25) is 0 Å². The van der Waals surface area contributed by atoms with Crippen molar-refractivity contribution in [3.8, 4) is 0 Å². The summed E-state index contributed by atoms with van der Waals surface area (Å²) in [5.74, 6) is -2.01. The summed E-state index contributed by atoms with van der Waals surface area (Å²) in [6, 6.07) is 0. The molecule has 0 unspecified atom stereocenters. The summed E-state index contributed by atoms with van der Waals surface area (Å²) < 4.78 is 4.85. The third-order valence-corrected chi connectivity index (χ3v) is 3.10. The van der Waals surface area contributed by atoms with Crippen LogP contribution in [0, 0.1) is 0 Å². The first-order valence-corrected chi connectivity index (χ1v) is 7.72. The molecule has 0 fully saturated rings. The van der Waals surface area contributed by atoms with Gasteiger partial charge in [0.1, 0.15) is 0 Å². The van der Waals surface area contributed by atoms with E-state index in [1.807, 2.05) is 0 Å². The molecule has 5 heteroatoms. The number of ether oxygens (including phenoxy) is 1. The van der Waals surface area contributed by atoms with Crippen molar-refractivity contribution in [1.82, 2.24) is 0 Å². The Labute approximate surface area is 150 Å². The summed E-state index contributed by atoms with van der Waals surface area (Å²) >= 11 is 0. The summed E-state index contributed by atoms with van der Waals surface area (Å²) in [4.78, 5) is 21.1. The van der Waals surface area contributed by atoms with E-state index in [9.17, 15) is 14.7 Å². The molecule has 0 saturated carbocycles. The summed E-state index contributed by atoms with van der Waals surface area (Å²) in [5, 5.41) is 10.1. The molecule has 0 radical (unpaired) electrons. The van der Waals surface area contributed by atoms with E-state index in [0.717, 1.165) is 18.9 Å². The molecule has 4 nitrogen and oxygen atoms in total. The van der Waals surface area contributed by atoms with Crippen molar-refractivity contribution >= 4 is 11.9 Å². The molecule has 0 aromatic carbocycles. The molecular formula is C16H27NaO4. The number of carboxylic acid groups (broad SMARTS) is 1. The van der Waals surface area contributed by atoms with E-state index < -0.39 is 11.9 Å². The van der Waals surface area contributed by atoms with Crippen molar-refractivity contribution in [3.05, 3.63) is 12.2 Å². The van der Waals surface area contributed by atoms with E-state index in [-0.39, 0.29) is 29.6 Å². The van der Waals surface area contributed by atoms with Gasteiger partial charge >= 0.3 is 35.5 Å². The average Bonchev–Trinajstić information content (AvgIpc) is 2.42. The molecule has 0 aliphatic rings. The van der Waals surface area contributed by atoms with Gasteiger partial charge in [-0.1, -0.05) is 64.7 Å². The molecule has 0 rings (SSSR count). The molecule has 0 aliphatic carbocycles. The molecular weight excluding hydrogens is 279 g/mol. The molecule has 0 heterocycles. The van der Waals surface area contributed by atoms with E-state index in [2.05, 4.69) is 6.92 Å². The number of aliphatic carboxylic acids is 1. The van der Waals surface area contributed by atoms with Crippen LogP contribution in [0.2, 0.25) is 0 Å². The number of carbonyl (C=O) groups excluding carboxylic acids is 2. The maximum absolute atomic E-state index is 11.0. The van der Waals surface area contributed by atoms with E-state index in [1.165, 1.54) is 51.4 Å². The number of rotatable bonds is 13. The SMILES string of the molecule is CCCCCCCCCCCCOC(=O)/C=C/C(=O)[O-].[Na+]. The number of carbonyl (C=O) groups is 2. The second-order valence-corrected chi connectivity index (χ2v) is 5.00. The van der Waals surface area contributed by atoms with Crippen molar-refractivity contribution in [1.29, 1.82) is 0 Å². The van der Waals surface area contributed by atoms with Crippen LogP contribution < -0.4 is 34.7 Å². The van der Waals surface area contributed by atoms with Crippen molar-refractivity contribution < 1.29 is 49.0 Å². The Morgan fingerprint density at radius 1 is 0.857 bits per heavy atom. The van der Waals surface area contributed by atoms with Gasteiger partial charge in [-0.2, -0.15) is 0 Å². The van der Waals surface area contributed by atoms with Crippen molar-refractivity contribution in [2.45, 2.75) is 71.1 Å². The van der Waals surface area contributed by atoms with Crippen molar-refractivity contribution in [3.63, 3.8) is 0 Å². The molecule has 0 atom stereocenters. The summed E-state index contributed by atoms with van der Waals surface area (Å²) in [6.07, 6.45) is 13.8. The third-order valence-electron chi connectivity index (χ3n) is 3.10. The number of unbranched alkanes of at least 4 members (excludes halogenated alkanes) is 9. The standard InChI is InChI=1S/C16H28O4.Na/c1-2-3-4-5-6-7-8-9-10-11-14-20-16(19)13-12-15(17)18;/h12-13H,2-11,14H2,1H3,(H,17,18);/q;+1/p-1/b13-12+;. The largest absolute Gasteiger partial charge is 1.00 e. The van der Waals surface area contributed by atoms with Gasteiger partial charge in [-0.25, -0.2) is 4.79 Å². The zero-order chi connectivity index (χ0) is 15.1. The van der Waals surface area contributed by atoms with Crippen LogP contribution in [0.25, 0.3) is 0 Å². The Bertz CT molecular complexity index is 290. The van der Waals surface area contributed by atoms with Crippen LogP contribution in [0.15, 0.2) is 12.2 Å². The second kappa shape index (κ2) is 17.7. The van der Waals surface area contributed by atoms with Crippen LogP contribution in [0.3, 0.4) is 0 Å². The fourth-order valence-corrected chi connectivity index (χ4v) is 1.95. The minimum Gasteiger partial charge on any atom is -0.545 e. The van der Waals surface area contributed by atoms with Gasteiger partial charge in [0.25, 0.3) is 0 Å². The fourth-order valence-electron chi connectivity index (χ4n) is 1.95. The monoisotopic (exact) mass is 306 g/mol. The third kappa shape index (κ3) is 19.7. The molecule has 0 aromatic rings. The van der Waals surface area contributed by atoms with Crippen molar-refractivity contribution in [2.24, 2.45) is 0 Å². The van der Waals surface area contributed by atoms with Crippen LogP contribution in [0.5, 0.6) is 0 Å². The van der Waals surface area contributed by atoms with Crippen LogP contribution in [-0.2, 0) is 14.3 Å². The Morgan fingerprint density at radius 3 is 1.81 bits per heavy atom. The van der Waals surface area contributed by atoms with E-state index >= 15 is 0 Å². The van der Waals surface area contributed by atoms with E-state index in [4.69, 9.17) is 4.74 Å². The van der Waals surface area contributed by atoms with Gasteiger partial charge in [-0.15, -0.1) is 0 Å². The number of hydrogen-bond acceptors (Lipinski definition) is 4. The van der Waals surface area contributed by atoms with Gasteiger partial charge in [0, 0.05) is 6.08 Å². The molecule has 0 amide bonds. The van der Waals surface area contributed by atoms with Gasteiger partial charge < -0.3 is 14.6 Å². The molecule has 0 spiro atoms. The topological polar surface area (TPSA) is 66.4 Å². The van der Waals surface area contributed by atoms with Gasteiger partial charge in [0.05, 0.1) is 12.6 Å². The van der Waals surface area contributed by atoms with Crippen LogP contribution in [-0.4, -0.2) is 18.5 Å². The first kappa shape index (κ1) is 23.0. The average molecular weight is 306 g/mol.